The van der Waals surface area contributed by atoms with Crippen LogP contribution in [0.25, 0.3) is 11.3 Å². The Hall–Kier alpha value is -2.86. The highest BCUT2D eigenvalue weighted by atomic mass is 32.1. The summed E-state index contributed by atoms with van der Waals surface area (Å²) in [5, 5.41) is 9.25. The minimum Gasteiger partial charge on any atom is -0.456 e. The van der Waals surface area contributed by atoms with Crippen LogP contribution in [0.4, 0.5) is 5.13 Å². The molecule has 0 atom stereocenters. The molecule has 2 N–H and O–H groups in total. The maximum atomic E-state index is 6.20. The van der Waals surface area contributed by atoms with E-state index in [1.807, 2.05) is 35.7 Å². The highest BCUT2D eigenvalue weighted by Gasteiger charge is 2.13. The zero-order valence-electron chi connectivity index (χ0n) is 14.7. The van der Waals surface area contributed by atoms with Crippen LogP contribution in [0.3, 0.4) is 0 Å². The van der Waals surface area contributed by atoms with Gasteiger partial charge in [-0.1, -0.05) is 29.8 Å². The summed E-state index contributed by atoms with van der Waals surface area (Å²) in [5.74, 6) is 2.44. The molecule has 0 spiro atoms. The lowest BCUT2D eigenvalue weighted by Gasteiger charge is -2.12. The lowest BCUT2D eigenvalue weighted by Crippen LogP contribution is -2.26. The minimum atomic E-state index is 0.783. The zero-order chi connectivity index (χ0) is 17.9. The first kappa shape index (κ1) is 16.6. The SMILES string of the molecule is Cc1ccc(Oc2ccccc2-c2csc(NC3=NCCN3)n2)c(C)c1. The van der Waals surface area contributed by atoms with Crippen molar-refractivity contribution in [2.45, 2.75) is 13.8 Å². The fourth-order valence-electron chi connectivity index (χ4n) is 2.84. The molecule has 2 aromatic carbocycles. The Bertz CT molecular complexity index is 964. The van der Waals surface area contributed by atoms with Gasteiger partial charge in [-0.3, -0.25) is 4.99 Å². The molecule has 3 aromatic rings. The fraction of sp³-hybridized carbons (Fsp3) is 0.200. The second-order valence-corrected chi connectivity index (χ2v) is 7.05. The maximum Gasteiger partial charge on any atom is 0.197 e. The van der Waals surface area contributed by atoms with Crippen molar-refractivity contribution in [1.82, 2.24) is 10.3 Å². The first-order valence-corrected chi connectivity index (χ1v) is 9.42. The molecule has 1 aliphatic heterocycles. The molecule has 4 rings (SSSR count). The van der Waals surface area contributed by atoms with E-state index in [0.717, 1.165) is 52.5 Å². The average Bonchev–Trinajstić information content (AvgIpc) is 3.30. The maximum absolute atomic E-state index is 6.20. The Morgan fingerprint density at radius 2 is 2.00 bits per heavy atom. The number of nitrogens with one attached hydrogen (secondary N) is 2. The zero-order valence-corrected chi connectivity index (χ0v) is 15.6. The Kier molecular flexibility index (Phi) is 4.58. The summed E-state index contributed by atoms with van der Waals surface area (Å²) < 4.78 is 6.20. The Labute approximate surface area is 156 Å². The van der Waals surface area contributed by atoms with Crippen molar-refractivity contribution in [3.05, 3.63) is 59.0 Å². The third-order valence-corrected chi connectivity index (χ3v) is 4.87. The molecule has 26 heavy (non-hydrogen) atoms. The van der Waals surface area contributed by atoms with Crippen LogP contribution in [-0.2, 0) is 0 Å². The predicted molar refractivity (Wildman–Crippen MR) is 107 cm³/mol. The minimum absolute atomic E-state index is 0.783. The van der Waals surface area contributed by atoms with Gasteiger partial charge in [0.15, 0.2) is 11.1 Å². The average molecular weight is 364 g/mol. The van der Waals surface area contributed by atoms with E-state index in [1.54, 1.807) is 11.3 Å². The van der Waals surface area contributed by atoms with Crippen LogP contribution in [-0.4, -0.2) is 24.0 Å². The van der Waals surface area contributed by atoms with Gasteiger partial charge in [0, 0.05) is 17.5 Å². The molecule has 0 radical (unpaired) electrons. The third-order valence-electron chi connectivity index (χ3n) is 4.12. The summed E-state index contributed by atoms with van der Waals surface area (Å²) in [6, 6.07) is 14.2. The monoisotopic (exact) mass is 364 g/mol. The number of aryl methyl sites for hydroxylation is 2. The number of aromatic nitrogens is 1. The topological polar surface area (TPSA) is 58.5 Å². The largest absolute Gasteiger partial charge is 0.456 e. The normalized spacial score (nSPS) is 13.2. The number of rotatable bonds is 4. The van der Waals surface area contributed by atoms with E-state index in [2.05, 4.69) is 46.6 Å². The number of nitrogens with zero attached hydrogens (tertiary/aromatic N) is 2. The van der Waals surface area contributed by atoms with Gasteiger partial charge in [0.05, 0.1) is 12.2 Å². The fourth-order valence-corrected chi connectivity index (χ4v) is 3.55. The van der Waals surface area contributed by atoms with E-state index in [-0.39, 0.29) is 0 Å². The van der Waals surface area contributed by atoms with Gasteiger partial charge in [-0.15, -0.1) is 11.3 Å². The number of hydrogen-bond acceptors (Lipinski definition) is 6. The molecule has 132 valence electrons. The van der Waals surface area contributed by atoms with Crippen LogP contribution in [0.1, 0.15) is 11.1 Å². The highest BCUT2D eigenvalue weighted by molar-refractivity contribution is 7.14. The standard InChI is InChI=1S/C20H20N4OS/c1-13-7-8-17(14(2)11-13)25-18-6-4-3-5-15(18)16-12-26-20(23-16)24-19-21-9-10-22-19/h3-8,11-12H,9-10H2,1-2H3,(H2,21,22,23,24). The second kappa shape index (κ2) is 7.17. The van der Waals surface area contributed by atoms with Crippen LogP contribution in [0, 0.1) is 13.8 Å². The summed E-state index contributed by atoms with van der Waals surface area (Å²) in [5.41, 5.74) is 4.20. The van der Waals surface area contributed by atoms with Gasteiger partial charge in [0.2, 0.25) is 0 Å². The molecule has 2 heterocycles. The number of para-hydroxylation sites is 1. The van der Waals surface area contributed by atoms with E-state index < -0.39 is 0 Å². The Balaban J connectivity index is 1.60. The molecule has 0 amide bonds. The van der Waals surface area contributed by atoms with Gasteiger partial charge in [0.1, 0.15) is 11.5 Å². The van der Waals surface area contributed by atoms with Crippen LogP contribution >= 0.6 is 11.3 Å². The Morgan fingerprint density at radius 1 is 1.12 bits per heavy atom. The van der Waals surface area contributed by atoms with E-state index in [9.17, 15) is 0 Å². The van der Waals surface area contributed by atoms with Crippen LogP contribution in [0.15, 0.2) is 52.8 Å². The number of anilines is 1. The molecule has 0 saturated carbocycles. The molecular weight excluding hydrogens is 344 g/mol. The molecule has 5 nitrogen and oxygen atoms in total. The predicted octanol–water partition coefficient (Wildman–Crippen LogP) is 4.59. The van der Waals surface area contributed by atoms with Crippen LogP contribution < -0.4 is 15.4 Å². The van der Waals surface area contributed by atoms with Crippen molar-refractivity contribution in [3.8, 4) is 22.8 Å². The number of benzene rings is 2. The first-order chi connectivity index (χ1) is 12.7. The van der Waals surface area contributed by atoms with E-state index in [0.29, 0.717) is 0 Å². The van der Waals surface area contributed by atoms with Gasteiger partial charge in [-0.2, -0.15) is 0 Å². The smallest absolute Gasteiger partial charge is 0.197 e. The van der Waals surface area contributed by atoms with Gasteiger partial charge >= 0.3 is 0 Å². The molecule has 0 saturated heterocycles. The second-order valence-electron chi connectivity index (χ2n) is 6.19. The van der Waals surface area contributed by atoms with Gasteiger partial charge < -0.3 is 15.4 Å². The summed E-state index contributed by atoms with van der Waals surface area (Å²) in [4.78, 5) is 9.03. The quantitative estimate of drug-likeness (QED) is 0.711. The van der Waals surface area contributed by atoms with Gasteiger partial charge in [-0.05, 0) is 37.6 Å². The number of aliphatic imine (C=N–C) groups is 1. The lowest BCUT2D eigenvalue weighted by molar-refractivity contribution is 0.480. The van der Waals surface area contributed by atoms with Crippen LogP contribution in [0.2, 0.25) is 0 Å². The van der Waals surface area contributed by atoms with Crippen molar-refractivity contribution in [2.24, 2.45) is 4.99 Å². The van der Waals surface area contributed by atoms with Crippen molar-refractivity contribution >= 4 is 22.4 Å². The molecule has 0 unspecified atom stereocenters. The van der Waals surface area contributed by atoms with E-state index >= 15 is 0 Å². The molecule has 6 heteroatoms. The summed E-state index contributed by atoms with van der Waals surface area (Å²) in [7, 11) is 0. The molecular formula is C20H20N4OS. The third kappa shape index (κ3) is 3.55. The molecule has 0 bridgehead atoms. The molecule has 1 aromatic heterocycles. The Morgan fingerprint density at radius 3 is 2.81 bits per heavy atom. The van der Waals surface area contributed by atoms with Crippen molar-refractivity contribution in [3.63, 3.8) is 0 Å². The van der Waals surface area contributed by atoms with Crippen molar-refractivity contribution < 1.29 is 4.74 Å². The first-order valence-electron chi connectivity index (χ1n) is 8.54. The summed E-state index contributed by atoms with van der Waals surface area (Å²) in [6.45, 7) is 5.81. The molecule has 0 fully saturated rings. The van der Waals surface area contributed by atoms with Gasteiger partial charge in [0.25, 0.3) is 0 Å². The summed E-state index contributed by atoms with van der Waals surface area (Å²) in [6.07, 6.45) is 0. The van der Waals surface area contributed by atoms with E-state index in [4.69, 9.17) is 4.74 Å². The summed E-state index contributed by atoms with van der Waals surface area (Å²) >= 11 is 1.55. The van der Waals surface area contributed by atoms with Gasteiger partial charge in [-0.25, -0.2) is 4.98 Å². The van der Waals surface area contributed by atoms with Crippen LogP contribution in [0.5, 0.6) is 11.5 Å². The number of ether oxygens (including phenoxy) is 1. The highest BCUT2D eigenvalue weighted by Crippen LogP contribution is 2.35. The van der Waals surface area contributed by atoms with Crippen molar-refractivity contribution in [2.75, 3.05) is 18.4 Å². The number of thiazole rings is 1. The number of hydrogen-bond donors (Lipinski definition) is 2. The molecule has 1 aliphatic rings. The molecule has 0 aliphatic carbocycles. The van der Waals surface area contributed by atoms with E-state index in [1.165, 1.54) is 5.56 Å². The van der Waals surface area contributed by atoms with Crippen molar-refractivity contribution in [1.29, 1.82) is 0 Å². The number of guanidine groups is 1. The lowest BCUT2D eigenvalue weighted by atomic mass is 10.1.